The molecular formula is C14H19NO3. The average Bonchev–Trinajstić information content (AvgIpc) is 2.88. The van der Waals surface area contributed by atoms with Gasteiger partial charge in [0, 0.05) is 6.54 Å². The van der Waals surface area contributed by atoms with Gasteiger partial charge >= 0.3 is 5.97 Å². The van der Waals surface area contributed by atoms with Crippen molar-refractivity contribution in [2.24, 2.45) is 5.73 Å². The number of benzene rings is 1. The van der Waals surface area contributed by atoms with Crippen LogP contribution in [-0.2, 0) is 14.3 Å². The van der Waals surface area contributed by atoms with Gasteiger partial charge in [-0.1, -0.05) is 30.3 Å². The van der Waals surface area contributed by atoms with Crippen LogP contribution in [0.1, 0.15) is 31.4 Å². The quantitative estimate of drug-likeness (QED) is 0.826. The highest BCUT2D eigenvalue weighted by Gasteiger charge is 2.31. The smallest absolute Gasteiger partial charge is 0.335 e. The van der Waals surface area contributed by atoms with Crippen LogP contribution in [0.3, 0.4) is 0 Å². The lowest BCUT2D eigenvalue weighted by Crippen LogP contribution is -2.27. The number of nitrogens with two attached hydrogens (primary N) is 1. The Balaban J connectivity index is 1.88. The molecule has 1 aromatic carbocycles. The van der Waals surface area contributed by atoms with E-state index in [4.69, 9.17) is 15.2 Å². The molecule has 1 heterocycles. The number of hydrogen-bond donors (Lipinski definition) is 1. The van der Waals surface area contributed by atoms with Crippen LogP contribution in [0, 0.1) is 0 Å². The highest BCUT2D eigenvalue weighted by atomic mass is 16.6. The molecule has 0 aromatic heterocycles. The summed E-state index contributed by atoms with van der Waals surface area (Å²) in [7, 11) is 0. The van der Waals surface area contributed by atoms with Crippen LogP contribution in [0.5, 0.6) is 0 Å². The standard InChI is InChI=1S/C14H19NO3/c1-10(11-5-3-2-4-6-11)17-14(16)13-8-7-12(9-15)18-13/h2-6,10,12-13H,7-9,15H2,1H3. The molecule has 1 saturated heterocycles. The fourth-order valence-electron chi connectivity index (χ4n) is 2.09. The van der Waals surface area contributed by atoms with Gasteiger partial charge in [0.2, 0.25) is 0 Å². The molecule has 0 spiro atoms. The fraction of sp³-hybridized carbons (Fsp3) is 0.500. The lowest BCUT2D eigenvalue weighted by molar-refractivity contribution is -0.161. The van der Waals surface area contributed by atoms with E-state index in [2.05, 4.69) is 0 Å². The molecule has 1 aliphatic rings. The summed E-state index contributed by atoms with van der Waals surface area (Å²) in [6.45, 7) is 2.32. The summed E-state index contributed by atoms with van der Waals surface area (Å²) >= 11 is 0. The van der Waals surface area contributed by atoms with Crippen LogP contribution in [0.4, 0.5) is 0 Å². The highest BCUT2D eigenvalue weighted by molar-refractivity contribution is 5.75. The minimum absolute atomic E-state index is 0.00502. The Morgan fingerprint density at radius 3 is 2.78 bits per heavy atom. The summed E-state index contributed by atoms with van der Waals surface area (Å²) in [5.41, 5.74) is 6.50. The van der Waals surface area contributed by atoms with Gasteiger partial charge in [0.05, 0.1) is 6.10 Å². The van der Waals surface area contributed by atoms with Crippen LogP contribution >= 0.6 is 0 Å². The minimum Gasteiger partial charge on any atom is -0.456 e. The fourth-order valence-corrected chi connectivity index (χ4v) is 2.09. The van der Waals surface area contributed by atoms with Gasteiger partial charge in [-0.3, -0.25) is 0 Å². The highest BCUT2D eigenvalue weighted by Crippen LogP contribution is 2.23. The average molecular weight is 249 g/mol. The van der Waals surface area contributed by atoms with E-state index in [9.17, 15) is 4.79 Å². The zero-order valence-corrected chi connectivity index (χ0v) is 10.5. The van der Waals surface area contributed by atoms with Gasteiger partial charge in [-0.2, -0.15) is 0 Å². The maximum Gasteiger partial charge on any atom is 0.335 e. The molecule has 1 aliphatic heterocycles. The van der Waals surface area contributed by atoms with Gasteiger partial charge in [-0.15, -0.1) is 0 Å². The van der Waals surface area contributed by atoms with E-state index in [-0.39, 0.29) is 18.2 Å². The minimum atomic E-state index is -0.454. The Morgan fingerprint density at radius 2 is 2.17 bits per heavy atom. The first-order chi connectivity index (χ1) is 8.70. The molecule has 0 radical (unpaired) electrons. The summed E-state index contributed by atoms with van der Waals surface area (Å²) < 4.78 is 10.9. The Hall–Kier alpha value is -1.39. The summed E-state index contributed by atoms with van der Waals surface area (Å²) in [4.78, 5) is 11.9. The zero-order valence-electron chi connectivity index (χ0n) is 10.5. The van der Waals surface area contributed by atoms with Gasteiger partial charge in [-0.05, 0) is 25.3 Å². The van der Waals surface area contributed by atoms with Crippen LogP contribution in [0.2, 0.25) is 0 Å². The molecule has 3 unspecified atom stereocenters. The molecule has 2 N–H and O–H groups in total. The van der Waals surface area contributed by atoms with Gasteiger partial charge in [0.25, 0.3) is 0 Å². The van der Waals surface area contributed by atoms with Gasteiger partial charge < -0.3 is 15.2 Å². The van der Waals surface area contributed by atoms with Crippen molar-refractivity contribution in [1.82, 2.24) is 0 Å². The number of ether oxygens (including phenoxy) is 2. The Morgan fingerprint density at radius 1 is 1.44 bits per heavy atom. The number of carbonyl (C=O) groups is 1. The van der Waals surface area contributed by atoms with Gasteiger partial charge in [0.15, 0.2) is 6.10 Å². The molecule has 4 heteroatoms. The van der Waals surface area contributed by atoms with Crippen LogP contribution in [-0.4, -0.2) is 24.7 Å². The topological polar surface area (TPSA) is 61.5 Å². The third-order valence-corrected chi connectivity index (χ3v) is 3.20. The second kappa shape index (κ2) is 5.98. The third kappa shape index (κ3) is 3.09. The molecular weight excluding hydrogens is 230 g/mol. The predicted molar refractivity (Wildman–Crippen MR) is 67.9 cm³/mol. The molecule has 3 atom stereocenters. The molecule has 1 fully saturated rings. The molecule has 4 nitrogen and oxygen atoms in total. The summed E-state index contributed by atoms with van der Waals surface area (Å²) in [5.74, 6) is -0.290. The summed E-state index contributed by atoms with van der Waals surface area (Å²) in [6.07, 6.45) is 0.816. The molecule has 0 saturated carbocycles. The van der Waals surface area contributed by atoms with Crippen molar-refractivity contribution in [3.05, 3.63) is 35.9 Å². The zero-order chi connectivity index (χ0) is 13.0. The largest absolute Gasteiger partial charge is 0.456 e. The van der Waals surface area contributed by atoms with Crippen molar-refractivity contribution in [3.8, 4) is 0 Å². The van der Waals surface area contributed by atoms with Crippen LogP contribution < -0.4 is 5.73 Å². The van der Waals surface area contributed by atoms with Gasteiger partial charge in [0.1, 0.15) is 6.10 Å². The third-order valence-electron chi connectivity index (χ3n) is 3.20. The van der Waals surface area contributed by atoms with Crippen molar-refractivity contribution in [2.75, 3.05) is 6.54 Å². The normalized spacial score (nSPS) is 24.8. The van der Waals surface area contributed by atoms with Crippen molar-refractivity contribution < 1.29 is 14.3 Å². The van der Waals surface area contributed by atoms with Gasteiger partial charge in [-0.25, -0.2) is 4.79 Å². The van der Waals surface area contributed by atoms with E-state index in [1.165, 1.54) is 0 Å². The molecule has 0 bridgehead atoms. The second-order valence-corrected chi connectivity index (χ2v) is 4.55. The first-order valence-corrected chi connectivity index (χ1v) is 6.31. The monoisotopic (exact) mass is 249 g/mol. The van der Waals surface area contributed by atoms with Crippen molar-refractivity contribution >= 4 is 5.97 Å². The molecule has 0 aliphatic carbocycles. The SMILES string of the molecule is CC(OC(=O)C1CCC(CN)O1)c1ccccc1. The van der Waals surface area contributed by atoms with E-state index in [0.29, 0.717) is 13.0 Å². The van der Waals surface area contributed by atoms with Crippen molar-refractivity contribution in [2.45, 2.75) is 38.1 Å². The second-order valence-electron chi connectivity index (χ2n) is 4.55. The molecule has 1 aromatic rings. The summed E-state index contributed by atoms with van der Waals surface area (Å²) in [6, 6.07) is 9.67. The molecule has 0 amide bonds. The van der Waals surface area contributed by atoms with E-state index >= 15 is 0 Å². The summed E-state index contributed by atoms with van der Waals surface area (Å²) in [5, 5.41) is 0. The van der Waals surface area contributed by atoms with E-state index in [1.807, 2.05) is 37.3 Å². The van der Waals surface area contributed by atoms with E-state index < -0.39 is 6.10 Å². The molecule has 2 rings (SSSR count). The van der Waals surface area contributed by atoms with Crippen LogP contribution in [0.15, 0.2) is 30.3 Å². The first-order valence-electron chi connectivity index (χ1n) is 6.31. The number of carbonyl (C=O) groups excluding carboxylic acids is 1. The predicted octanol–water partition coefficient (Wildman–Crippen LogP) is 1.80. The number of hydrogen-bond acceptors (Lipinski definition) is 4. The van der Waals surface area contributed by atoms with Crippen molar-refractivity contribution in [1.29, 1.82) is 0 Å². The van der Waals surface area contributed by atoms with E-state index in [0.717, 1.165) is 12.0 Å². The Bertz CT molecular complexity index is 393. The maximum absolute atomic E-state index is 11.9. The van der Waals surface area contributed by atoms with Crippen molar-refractivity contribution in [3.63, 3.8) is 0 Å². The van der Waals surface area contributed by atoms with Crippen LogP contribution in [0.25, 0.3) is 0 Å². The Kier molecular flexibility index (Phi) is 4.33. The molecule has 98 valence electrons. The lowest BCUT2D eigenvalue weighted by Gasteiger charge is -2.17. The lowest BCUT2D eigenvalue weighted by atomic mass is 10.1. The number of esters is 1. The van der Waals surface area contributed by atoms with E-state index in [1.54, 1.807) is 0 Å². The number of rotatable bonds is 4. The Labute approximate surface area is 107 Å². The maximum atomic E-state index is 11.9. The molecule has 18 heavy (non-hydrogen) atoms. The first kappa shape index (κ1) is 13.1.